The van der Waals surface area contributed by atoms with Gasteiger partial charge in [-0.05, 0) is 18.2 Å². The third-order valence-electron chi connectivity index (χ3n) is 2.43. The van der Waals surface area contributed by atoms with Gasteiger partial charge < -0.3 is 20.5 Å². The average molecular weight is 256 g/mol. The van der Waals surface area contributed by atoms with Crippen LogP contribution in [-0.2, 0) is 9.47 Å². The van der Waals surface area contributed by atoms with Crippen LogP contribution in [0.3, 0.4) is 0 Å². The SMILES string of the molecule is COCC(CNC(=O)c1ccc(F)c(N)c1)OC. The van der Waals surface area contributed by atoms with E-state index in [1.807, 2.05) is 0 Å². The van der Waals surface area contributed by atoms with Crippen LogP contribution in [0.25, 0.3) is 0 Å². The van der Waals surface area contributed by atoms with Crippen molar-refractivity contribution in [3.8, 4) is 0 Å². The van der Waals surface area contributed by atoms with E-state index < -0.39 is 5.82 Å². The molecular weight excluding hydrogens is 239 g/mol. The van der Waals surface area contributed by atoms with E-state index in [0.29, 0.717) is 18.7 Å². The number of hydrogen-bond acceptors (Lipinski definition) is 4. The number of rotatable bonds is 6. The van der Waals surface area contributed by atoms with Gasteiger partial charge in [-0.2, -0.15) is 0 Å². The smallest absolute Gasteiger partial charge is 0.251 e. The van der Waals surface area contributed by atoms with Gasteiger partial charge in [0.25, 0.3) is 5.91 Å². The number of nitrogen functional groups attached to an aromatic ring is 1. The number of benzene rings is 1. The zero-order chi connectivity index (χ0) is 13.5. The Morgan fingerprint density at radius 1 is 1.50 bits per heavy atom. The Kier molecular flexibility index (Phi) is 5.54. The van der Waals surface area contributed by atoms with E-state index in [2.05, 4.69) is 5.32 Å². The molecule has 100 valence electrons. The minimum Gasteiger partial charge on any atom is -0.396 e. The summed E-state index contributed by atoms with van der Waals surface area (Å²) in [5, 5.41) is 2.66. The van der Waals surface area contributed by atoms with E-state index in [0.717, 1.165) is 6.07 Å². The Labute approximate surface area is 105 Å². The van der Waals surface area contributed by atoms with Crippen LogP contribution in [-0.4, -0.2) is 39.4 Å². The molecule has 3 N–H and O–H groups in total. The molecule has 6 heteroatoms. The molecule has 1 rings (SSSR count). The molecule has 0 spiro atoms. The van der Waals surface area contributed by atoms with Crippen LogP contribution in [0, 0.1) is 5.82 Å². The van der Waals surface area contributed by atoms with Crippen molar-refractivity contribution in [2.75, 3.05) is 33.1 Å². The summed E-state index contributed by atoms with van der Waals surface area (Å²) >= 11 is 0. The minimum absolute atomic E-state index is 0.0529. The molecule has 0 radical (unpaired) electrons. The molecule has 18 heavy (non-hydrogen) atoms. The van der Waals surface area contributed by atoms with Gasteiger partial charge in [-0.1, -0.05) is 0 Å². The minimum atomic E-state index is -0.541. The van der Waals surface area contributed by atoms with Crippen molar-refractivity contribution in [2.45, 2.75) is 6.10 Å². The Bertz CT molecular complexity index is 412. The van der Waals surface area contributed by atoms with E-state index in [1.165, 1.54) is 19.2 Å². The third-order valence-corrected chi connectivity index (χ3v) is 2.43. The van der Waals surface area contributed by atoms with Crippen molar-refractivity contribution in [3.63, 3.8) is 0 Å². The fourth-order valence-corrected chi connectivity index (χ4v) is 1.39. The molecule has 1 amide bonds. The molecule has 1 aromatic rings. The molecule has 0 aliphatic heterocycles. The van der Waals surface area contributed by atoms with Crippen LogP contribution in [0.4, 0.5) is 10.1 Å². The molecule has 0 heterocycles. The molecule has 1 aromatic carbocycles. The highest BCUT2D eigenvalue weighted by molar-refractivity contribution is 5.95. The topological polar surface area (TPSA) is 73.6 Å². The first-order valence-corrected chi connectivity index (χ1v) is 5.43. The van der Waals surface area contributed by atoms with Crippen LogP contribution >= 0.6 is 0 Å². The van der Waals surface area contributed by atoms with Crippen molar-refractivity contribution >= 4 is 11.6 Å². The lowest BCUT2D eigenvalue weighted by atomic mass is 10.2. The van der Waals surface area contributed by atoms with E-state index in [4.69, 9.17) is 15.2 Å². The molecule has 0 saturated heterocycles. The number of nitrogens with one attached hydrogen (secondary N) is 1. The predicted molar refractivity (Wildman–Crippen MR) is 65.8 cm³/mol. The molecule has 0 aromatic heterocycles. The van der Waals surface area contributed by atoms with Gasteiger partial charge in [0.05, 0.1) is 18.4 Å². The fraction of sp³-hybridized carbons (Fsp3) is 0.417. The second kappa shape index (κ2) is 6.93. The maximum Gasteiger partial charge on any atom is 0.251 e. The summed E-state index contributed by atoms with van der Waals surface area (Å²) in [6.07, 6.45) is -0.225. The first-order chi connectivity index (χ1) is 8.58. The summed E-state index contributed by atoms with van der Waals surface area (Å²) in [6.45, 7) is 0.683. The highest BCUT2D eigenvalue weighted by Crippen LogP contribution is 2.12. The maximum atomic E-state index is 12.9. The van der Waals surface area contributed by atoms with E-state index in [1.54, 1.807) is 7.11 Å². The summed E-state index contributed by atoms with van der Waals surface area (Å²) in [6, 6.07) is 3.83. The Morgan fingerprint density at radius 3 is 2.78 bits per heavy atom. The molecule has 5 nitrogen and oxygen atoms in total. The second-order valence-electron chi connectivity index (χ2n) is 3.76. The maximum absolute atomic E-state index is 12.9. The van der Waals surface area contributed by atoms with Crippen molar-refractivity contribution in [1.29, 1.82) is 0 Å². The highest BCUT2D eigenvalue weighted by atomic mass is 19.1. The molecule has 1 unspecified atom stereocenters. The largest absolute Gasteiger partial charge is 0.396 e. The van der Waals surface area contributed by atoms with Crippen molar-refractivity contribution in [3.05, 3.63) is 29.6 Å². The van der Waals surface area contributed by atoms with Crippen LogP contribution in [0.2, 0.25) is 0 Å². The average Bonchev–Trinajstić information content (AvgIpc) is 2.37. The third kappa shape index (κ3) is 3.97. The lowest BCUT2D eigenvalue weighted by Crippen LogP contribution is -2.35. The monoisotopic (exact) mass is 256 g/mol. The number of hydrogen-bond donors (Lipinski definition) is 2. The van der Waals surface area contributed by atoms with Gasteiger partial charge in [-0.3, -0.25) is 4.79 Å². The van der Waals surface area contributed by atoms with E-state index in [-0.39, 0.29) is 17.7 Å². The van der Waals surface area contributed by atoms with Gasteiger partial charge in [0.2, 0.25) is 0 Å². The molecule has 0 saturated carbocycles. The van der Waals surface area contributed by atoms with Gasteiger partial charge in [-0.25, -0.2) is 4.39 Å². The van der Waals surface area contributed by atoms with Crippen LogP contribution in [0.15, 0.2) is 18.2 Å². The number of carbonyl (C=O) groups excluding carboxylic acids is 1. The molecule has 0 bridgehead atoms. The van der Waals surface area contributed by atoms with Gasteiger partial charge in [0.1, 0.15) is 5.82 Å². The van der Waals surface area contributed by atoms with Crippen molar-refractivity contribution < 1.29 is 18.7 Å². The Morgan fingerprint density at radius 2 is 2.22 bits per heavy atom. The first-order valence-electron chi connectivity index (χ1n) is 5.43. The molecule has 0 aliphatic carbocycles. The summed E-state index contributed by atoms with van der Waals surface area (Å²) < 4.78 is 23.0. The number of halogens is 1. The second-order valence-corrected chi connectivity index (χ2v) is 3.76. The van der Waals surface area contributed by atoms with E-state index >= 15 is 0 Å². The Hall–Kier alpha value is -1.66. The quantitative estimate of drug-likeness (QED) is 0.738. The number of carbonyl (C=O) groups is 1. The van der Waals surface area contributed by atoms with Gasteiger partial charge in [-0.15, -0.1) is 0 Å². The number of ether oxygens (including phenoxy) is 2. The van der Waals surface area contributed by atoms with Crippen LogP contribution in [0.5, 0.6) is 0 Å². The fourth-order valence-electron chi connectivity index (χ4n) is 1.39. The molecule has 1 atom stereocenters. The van der Waals surface area contributed by atoms with Crippen LogP contribution < -0.4 is 11.1 Å². The summed E-state index contributed by atoms with van der Waals surface area (Å²) in [5.41, 5.74) is 5.64. The molecule has 0 fully saturated rings. The van der Waals surface area contributed by atoms with Crippen molar-refractivity contribution in [1.82, 2.24) is 5.32 Å². The van der Waals surface area contributed by atoms with Crippen molar-refractivity contribution in [2.24, 2.45) is 0 Å². The number of amides is 1. The van der Waals surface area contributed by atoms with Gasteiger partial charge in [0.15, 0.2) is 0 Å². The lowest BCUT2D eigenvalue weighted by Gasteiger charge is -2.15. The highest BCUT2D eigenvalue weighted by Gasteiger charge is 2.11. The number of methoxy groups -OCH3 is 2. The number of anilines is 1. The summed E-state index contributed by atoms with van der Waals surface area (Å²) in [7, 11) is 3.08. The molecular formula is C12H17FN2O3. The molecule has 0 aliphatic rings. The zero-order valence-corrected chi connectivity index (χ0v) is 10.4. The van der Waals surface area contributed by atoms with Crippen LogP contribution in [0.1, 0.15) is 10.4 Å². The lowest BCUT2D eigenvalue weighted by molar-refractivity contribution is 0.0285. The normalized spacial score (nSPS) is 12.2. The predicted octanol–water partition coefficient (Wildman–Crippen LogP) is 0.799. The number of nitrogens with two attached hydrogens (primary N) is 1. The van der Waals surface area contributed by atoms with Gasteiger partial charge >= 0.3 is 0 Å². The van der Waals surface area contributed by atoms with Gasteiger partial charge in [0, 0.05) is 26.3 Å². The summed E-state index contributed by atoms with van der Waals surface area (Å²) in [4.78, 5) is 11.7. The summed E-state index contributed by atoms with van der Waals surface area (Å²) in [5.74, 6) is -0.874. The standard InChI is InChI=1S/C12H17FN2O3/c1-17-7-9(18-2)6-15-12(16)8-3-4-10(13)11(14)5-8/h3-5,9H,6-7,14H2,1-2H3,(H,15,16). The zero-order valence-electron chi connectivity index (χ0n) is 10.4. The Balaban J connectivity index is 2.57. The van der Waals surface area contributed by atoms with E-state index in [9.17, 15) is 9.18 Å². The first kappa shape index (κ1) is 14.4.